The highest BCUT2D eigenvalue weighted by atomic mass is 32.1. The van der Waals surface area contributed by atoms with Gasteiger partial charge in [0, 0.05) is 4.88 Å². The predicted molar refractivity (Wildman–Crippen MR) is 58.9 cm³/mol. The minimum absolute atomic E-state index is 0.326. The fourth-order valence-electron chi connectivity index (χ4n) is 1.61. The Labute approximate surface area is 92.7 Å². The van der Waals surface area contributed by atoms with Crippen LogP contribution < -0.4 is 4.74 Å². The van der Waals surface area contributed by atoms with Gasteiger partial charge in [-0.1, -0.05) is 6.42 Å². The molecule has 0 saturated heterocycles. The number of hydrogen-bond donors (Lipinski definition) is 1. The lowest BCUT2D eigenvalue weighted by Crippen LogP contribution is -2.19. The summed E-state index contributed by atoms with van der Waals surface area (Å²) in [5.41, 5.74) is 0. The number of rotatable bonds is 4. The highest BCUT2D eigenvalue weighted by molar-refractivity contribution is 7.14. The van der Waals surface area contributed by atoms with Gasteiger partial charge in [0.25, 0.3) is 0 Å². The second kappa shape index (κ2) is 4.23. The van der Waals surface area contributed by atoms with E-state index in [9.17, 15) is 4.79 Å². The Morgan fingerprint density at radius 1 is 1.67 bits per heavy atom. The molecule has 1 fully saturated rings. The molecule has 0 unspecified atom stereocenters. The maximum Gasteiger partial charge on any atom is 0.349 e. The summed E-state index contributed by atoms with van der Waals surface area (Å²) >= 11 is 1.28. The Morgan fingerprint density at radius 3 is 2.93 bits per heavy atom. The zero-order valence-electron chi connectivity index (χ0n) is 8.66. The first-order chi connectivity index (χ1) is 7.16. The molecule has 0 aromatic carbocycles. The molecule has 1 aromatic rings. The second-order valence-electron chi connectivity index (χ2n) is 3.96. The minimum Gasteiger partial charge on any atom is -0.491 e. The van der Waals surface area contributed by atoms with E-state index in [4.69, 9.17) is 9.84 Å². The molecule has 4 heteroatoms. The van der Waals surface area contributed by atoms with Crippen molar-refractivity contribution in [1.29, 1.82) is 0 Å². The molecule has 1 saturated carbocycles. The number of ether oxygens (including phenoxy) is 1. The van der Waals surface area contributed by atoms with Crippen LogP contribution in [-0.4, -0.2) is 17.7 Å². The first kappa shape index (κ1) is 10.5. The monoisotopic (exact) mass is 226 g/mol. The van der Waals surface area contributed by atoms with Crippen molar-refractivity contribution >= 4 is 17.3 Å². The summed E-state index contributed by atoms with van der Waals surface area (Å²) in [7, 11) is 0. The zero-order chi connectivity index (χ0) is 10.8. The van der Waals surface area contributed by atoms with Crippen LogP contribution >= 0.6 is 11.3 Å². The normalized spacial score (nSPS) is 16.1. The number of carboxylic acids is 1. The molecule has 0 radical (unpaired) electrons. The van der Waals surface area contributed by atoms with Crippen LogP contribution in [0.15, 0.2) is 6.07 Å². The number of carbonyl (C=O) groups is 1. The Hall–Kier alpha value is -1.03. The van der Waals surface area contributed by atoms with Crippen molar-refractivity contribution in [3.63, 3.8) is 0 Å². The van der Waals surface area contributed by atoms with Crippen LogP contribution in [0.25, 0.3) is 0 Å². The molecule has 0 bridgehead atoms. The van der Waals surface area contributed by atoms with Crippen molar-refractivity contribution in [2.45, 2.75) is 26.2 Å². The van der Waals surface area contributed by atoms with Crippen molar-refractivity contribution in [1.82, 2.24) is 0 Å². The minimum atomic E-state index is -0.892. The highest BCUT2D eigenvalue weighted by Gasteiger charge is 2.20. The van der Waals surface area contributed by atoms with Crippen LogP contribution in [0.3, 0.4) is 0 Å². The summed E-state index contributed by atoms with van der Waals surface area (Å²) < 4.78 is 5.55. The number of thiophene rings is 1. The van der Waals surface area contributed by atoms with E-state index in [1.165, 1.54) is 30.6 Å². The topological polar surface area (TPSA) is 46.5 Å². The third-order valence-corrected chi connectivity index (χ3v) is 3.73. The van der Waals surface area contributed by atoms with E-state index in [1.807, 2.05) is 13.0 Å². The van der Waals surface area contributed by atoms with Gasteiger partial charge in [0.05, 0.1) is 6.61 Å². The van der Waals surface area contributed by atoms with Crippen LogP contribution in [0.1, 0.15) is 33.8 Å². The summed E-state index contributed by atoms with van der Waals surface area (Å²) in [5.74, 6) is 0.278. The molecule has 82 valence electrons. The molecule has 3 nitrogen and oxygen atoms in total. The molecule has 0 atom stereocenters. The van der Waals surface area contributed by atoms with E-state index in [1.54, 1.807) is 0 Å². The summed E-state index contributed by atoms with van der Waals surface area (Å²) in [6, 6.07) is 1.81. The van der Waals surface area contributed by atoms with Crippen molar-refractivity contribution in [3.05, 3.63) is 15.8 Å². The molecule has 0 aliphatic heterocycles. The van der Waals surface area contributed by atoms with Crippen LogP contribution in [0, 0.1) is 12.8 Å². The van der Waals surface area contributed by atoms with Crippen molar-refractivity contribution in [2.75, 3.05) is 6.61 Å². The highest BCUT2D eigenvalue weighted by Crippen LogP contribution is 2.31. The first-order valence-corrected chi connectivity index (χ1v) is 5.95. The predicted octanol–water partition coefficient (Wildman–Crippen LogP) is 2.93. The third-order valence-electron chi connectivity index (χ3n) is 2.71. The quantitative estimate of drug-likeness (QED) is 0.858. The van der Waals surface area contributed by atoms with E-state index in [2.05, 4.69) is 0 Å². The van der Waals surface area contributed by atoms with Gasteiger partial charge in [0.1, 0.15) is 5.75 Å². The maximum absolute atomic E-state index is 10.9. The van der Waals surface area contributed by atoms with Crippen LogP contribution in [0.2, 0.25) is 0 Å². The number of aromatic carboxylic acids is 1. The number of carboxylic acid groups (broad SMARTS) is 1. The van der Waals surface area contributed by atoms with Gasteiger partial charge in [-0.05, 0) is 31.7 Å². The van der Waals surface area contributed by atoms with E-state index in [0.29, 0.717) is 23.2 Å². The van der Waals surface area contributed by atoms with Crippen LogP contribution in [0.4, 0.5) is 0 Å². The smallest absolute Gasteiger partial charge is 0.349 e. The van der Waals surface area contributed by atoms with E-state index >= 15 is 0 Å². The second-order valence-corrected chi connectivity index (χ2v) is 5.22. The van der Waals surface area contributed by atoms with Gasteiger partial charge in [0.15, 0.2) is 4.88 Å². The van der Waals surface area contributed by atoms with E-state index in [0.717, 1.165) is 4.88 Å². The number of aryl methyl sites for hydroxylation is 1. The zero-order valence-corrected chi connectivity index (χ0v) is 9.47. The first-order valence-electron chi connectivity index (χ1n) is 5.13. The summed E-state index contributed by atoms with van der Waals surface area (Å²) in [6.45, 7) is 2.56. The van der Waals surface area contributed by atoms with Crippen LogP contribution in [0.5, 0.6) is 5.75 Å². The fourth-order valence-corrected chi connectivity index (χ4v) is 2.41. The fraction of sp³-hybridized carbons (Fsp3) is 0.545. The molecule has 1 heterocycles. The van der Waals surface area contributed by atoms with Gasteiger partial charge in [0.2, 0.25) is 0 Å². The average Bonchev–Trinajstić information content (AvgIpc) is 2.44. The molecule has 1 aliphatic rings. The molecule has 0 amide bonds. The Balaban J connectivity index is 2.02. The van der Waals surface area contributed by atoms with Gasteiger partial charge in [-0.25, -0.2) is 4.79 Å². The van der Waals surface area contributed by atoms with Crippen molar-refractivity contribution in [3.8, 4) is 5.75 Å². The summed E-state index contributed by atoms with van der Waals surface area (Å²) in [6.07, 6.45) is 3.71. The third kappa shape index (κ3) is 2.31. The summed E-state index contributed by atoms with van der Waals surface area (Å²) in [4.78, 5) is 12.2. The molecular formula is C11H14O3S. The molecule has 2 rings (SSSR count). The standard InChI is InChI=1S/C11H14O3S/c1-7-5-9(10(15-7)11(12)13)14-6-8-3-2-4-8/h5,8H,2-4,6H2,1H3,(H,12,13). The van der Waals surface area contributed by atoms with Gasteiger partial charge >= 0.3 is 5.97 Å². The average molecular weight is 226 g/mol. The number of hydrogen-bond acceptors (Lipinski definition) is 3. The van der Waals surface area contributed by atoms with Crippen molar-refractivity contribution < 1.29 is 14.6 Å². The van der Waals surface area contributed by atoms with Crippen LogP contribution in [-0.2, 0) is 0 Å². The SMILES string of the molecule is Cc1cc(OCC2CCC2)c(C(=O)O)s1. The Bertz CT molecular complexity index is 366. The largest absolute Gasteiger partial charge is 0.491 e. The molecule has 1 aromatic heterocycles. The molecular weight excluding hydrogens is 212 g/mol. The Kier molecular flexibility index (Phi) is 2.95. The van der Waals surface area contributed by atoms with Gasteiger partial charge in [-0.3, -0.25) is 0 Å². The maximum atomic E-state index is 10.9. The lowest BCUT2D eigenvalue weighted by atomic mass is 9.86. The molecule has 0 spiro atoms. The van der Waals surface area contributed by atoms with Crippen molar-refractivity contribution in [2.24, 2.45) is 5.92 Å². The Morgan fingerprint density at radius 2 is 2.40 bits per heavy atom. The van der Waals surface area contributed by atoms with Gasteiger partial charge in [-0.15, -0.1) is 11.3 Å². The molecule has 15 heavy (non-hydrogen) atoms. The van der Waals surface area contributed by atoms with E-state index in [-0.39, 0.29) is 0 Å². The molecule has 1 aliphatic carbocycles. The lowest BCUT2D eigenvalue weighted by molar-refractivity contribution is 0.0696. The lowest BCUT2D eigenvalue weighted by Gasteiger charge is -2.24. The van der Waals surface area contributed by atoms with Gasteiger partial charge < -0.3 is 9.84 Å². The summed E-state index contributed by atoms with van der Waals surface area (Å²) in [5, 5.41) is 8.95. The molecule has 1 N–H and O–H groups in total. The van der Waals surface area contributed by atoms with E-state index < -0.39 is 5.97 Å². The van der Waals surface area contributed by atoms with Gasteiger partial charge in [-0.2, -0.15) is 0 Å².